The first-order chi connectivity index (χ1) is 11.8. The lowest BCUT2D eigenvalue weighted by Crippen LogP contribution is -2.45. The molecule has 25 heavy (non-hydrogen) atoms. The van der Waals surface area contributed by atoms with Crippen LogP contribution in [0.1, 0.15) is 37.8 Å². The lowest BCUT2D eigenvalue weighted by atomic mass is 10.2. The summed E-state index contributed by atoms with van der Waals surface area (Å²) in [7, 11) is 1.84. The Bertz CT molecular complexity index is 676. The van der Waals surface area contributed by atoms with E-state index in [2.05, 4.69) is 41.5 Å². The fourth-order valence-corrected chi connectivity index (χ4v) is 4.65. The highest BCUT2D eigenvalue weighted by Crippen LogP contribution is 2.26. The van der Waals surface area contributed by atoms with Gasteiger partial charge in [0.25, 0.3) is 0 Å². The fraction of sp³-hybridized carbons (Fsp3) is 0.647. The third-order valence-corrected chi connectivity index (χ3v) is 5.98. The molecule has 2 aliphatic rings. The van der Waals surface area contributed by atoms with E-state index in [4.69, 9.17) is 0 Å². The number of rotatable bonds is 4. The van der Waals surface area contributed by atoms with Gasteiger partial charge in [-0.1, -0.05) is 12.8 Å². The number of hydrogen-bond acceptors (Lipinski definition) is 4. The average Bonchev–Trinajstić information content (AvgIpc) is 3.34. The topological polar surface area (TPSA) is 57.0 Å². The highest BCUT2D eigenvalue weighted by atomic mass is 127. The minimum Gasteiger partial charge on any atom is -0.352 e. The van der Waals surface area contributed by atoms with Crippen molar-refractivity contribution in [2.45, 2.75) is 50.7 Å². The van der Waals surface area contributed by atoms with Crippen LogP contribution in [0.3, 0.4) is 0 Å². The second-order valence-corrected chi connectivity index (χ2v) is 7.69. The van der Waals surface area contributed by atoms with Crippen LogP contribution in [0, 0.1) is 0 Å². The van der Waals surface area contributed by atoms with Crippen molar-refractivity contribution in [2.75, 3.05) is 20.1 Å². The summed E-state index contributed by atoms with van der Waals surface area (Å²) in [5.74, 6) is 0.879. The van der Waals surface area contributed by atoms with Crippen LogP contribution < -0.4 is 10.6 Å². The van der Waals surface area contributed by atoms with Crippen LogP contribution in [-0.2, 0) is 6.54 Å². The number of fused-ring (bicyclic) bond motifs is 1. The quantitative estimate of drug-likeness (QED) is 0.407. The van der Waals surface area contributed by atoms with Gasteiger partial charge in [0.05, 0.1) is 12.2 Å². The molecule has 2 N–H and O–H groups in total. The van der Waals surface area contributed by atoms with Gasteiger partial charge in [0.15, 0.2) is 10.9 Å². The molecular weight excluding hydrogens is 447 g/mol. The molecule has 1 saturated carbocycles. The normalized spacial score (nSPS) is 22.4. The van der Waals surface area contributed by atoms with Crippen molar-refractivity contribution in [1.29, 1.82) is 0 Å². The van der Waals surface area contributed by atoms with Crippen molar-refractivity contribution >= 4 is 46.2 Å². The van der Waals surface area contributed by atoms with Gasteiger partial charge in [-0.3, -0.25) is 14.3 Å². The lowest BCUT2D eigenvalue weighted by molar-refractivity contribution is 0.242. The van der Waals surface area contributed by atoms with Crippen molar-refractivity contribution in [3.8, 4) is 0 Å². The lowest BCUT2D eigenvalue weighted by Gasteiger charge is -2.24. The largest absolute Gasteiger partial charge is 0.352 e. The Morgan fingerprint density at radius 1 is 1.36 bits per heavy atom. The summed E-state index contributed by atoms with van der Waals surface area (Å²) in [4.78, 5) is 12.7. The van der Waals surface area contributed by atoms with E-state index in [-0.39, 0.29) is 24.0 Å². The fourth-order valence-electron chi connectivity index (χ4n) is 3.93. The number of aromatic nitrogens is 2. The molecule has 3 heterocycles. The molecule has 1 aliphatic heterocycles. The summed E-state index contributed by atoms with van der Waals surface area (Å²) in [6, 6.07) is 1.33. The van der Waals surface area contributed by atoms with Crippen LogP contribution in [0.4, 0.5) is 0 Å². The first kappa shape index (κ1) is 18.9. The van der Waals surface area contributed by atoms with Crippen molar-refractivity contribution < 1.29 is 0 Å². The maximum atomic E-state index is 4.60. The maximum absolute atomic E-state index is 4.60. The molecule has 0 spiro atoms. The molecule has 2 fully saturated rings. The number of aliphatic imine (C=N–C) groups is 1. The molecule has 1 aliphatic carbocycles. The highest BCUT2D eigenvalue weighted by Gasteiger charge is 2.30. The third-order valence-electron chi connectivity index (χ3n) is 5.21. The Balaban J connectivity index is 0.00000182. The van der Waals surface area contributed by atoms with Crippen molar-refractivity contribution in [2.24, 2.45) is 4.99 Å². The Labute approximate surface area is 170 Å². The van der Waals surface area contributed by atoms with Crippen molar-refractivity contribution in [3.63, 3.8) is 0 Å². The molecule has 138 valence electrons. The smallest absolute Gasteiger partial charge is 0.193 e. The highest BCUT2D eigenvalue weighted by molar-refractivity contribution is 14.0. The molecule has 4 rings (SSSR count). The Kier molecular flexibility index (Phi) is 6.56. The van der Waals surface area contributed by atoms with Crippen LogP contribution in [0.2, 0.25) is 0 Å². The van der Waals surface area contributed by atoms with Gasteiger partial charge < -0.3 is 10.6 Å². The minimum absolute atomic E-state index is 0. The summed E-state index contributed by atoms with van der Waals surface area (Å²) < 4.78 is 2.06. The number of nitrogens with one attached hydrogen (secondary N) is 2. The number of guanidine groups is 1. The zero-order valence-electron chi connectivity index (χ0n) is 14.6. The van der Waals surface area contributed by atoms with Crippen LogP contribution in [0.25, 0.3) is 4.96 Å². The van der Waals surface area contributed by atoms with E-state index in [1.165, 1.54) is 38.6 Å². The molecule has 0 aromatic carbocycles. The van der Waals surface area contributed by atoms with Gasteiger partial charge >= 0.3 is 0 Å². The molecule has 0 radical (unpaired) electrons. The molecule has 1 saturated heterocycles. The first-order valence-electron chi connectivity index (χ1n) is 8.94. The van der Waals surface area contributed by atoms with Gasteiger partial charge in [-0.15, -0.1) is 35.3 Å². The monoisotopic (exact) mass is 474 g/mol. The van der Waals surface area contributed by atoms with E-state index in [1.807, 2.05) is 13.2 Å². The molecule has 2 aromatic heterocycles. The minimum atomic E-state index is 0. The first-order valence-corrected chi connectivity index (χ1v) is 9.82. The molecular formula is C17H27IN6S. The third kappa shape index (κ3) is 4.46. The average molecular weight is 474 g/mol. The van der Waals surface area contributed by atoms with Crippen LogP contribution in [-0.4, -0.2) is 52.5 Å². The van der Waals surface area contributed by atoms with Gasteiger partial charge in [-0.25, -0.2) is 4.98 Å². The molecule has 0 amide bonds. The van der Waals surface area contributed by atoms with Crippen molar-refractivity contribution in [1.82, 2.24) is 24.9 Å². The van der Waals surface area contributed by atoms with Crippen LogP contribution in [0.15, 0.2) is 22.8 Å². The molecule has 2 aromatic rings. The standard InChI is InChI=1S/C17H26N6S.HI/c1-18-16(19-10-14-12-23-8-9-24-17(23)21-14)20-13-6-7-22(11-13)15-4-2-3-5-15;/h8-9,12-13,15H,2-7,10-11H2,1H3,(H2,18,19,20);1H. The van der Waals surface area contributed by atoms with Gasteiger partial charge in [0, 0.05) is 50.0 Å². The number of thiazole rings is 1. The summed E-state index contributed by atoms with van der Waals surface area (Å²) in [6.45, 7) is 3.06. The number of halogens is 1. The molecule has 1 atom stereocenters. The maximum Gasteiger partial charge on any atom is 0.193 e. The Morgan fingerprint density at radius 3 is 2.96 bits per heavy atom. The van der Waals surface area contributed by atoms with Gasteiger partial charge in [0.1, 0.15) is 0 Å². The Morgan fingerprint density at radius 2 is 2.20 bits per heavy atom. The van der Waals surface area contributed by atoms with Crippen LogP contribution >= 0.6 is 35.3 Å². The van der Waals surface area contributed by atoms with Gasteiger partial charge in [-0.05, 0) is 19.3 Å². The number of likely N-dealkylation sites (tertiary alicyclic amines) is 1. The predicted octanol–water partition coefficient (Wildman–Crippen LogP) is 2.70. The van der Waals surface area contributed by atoms with Gasteiger partial charge in [0.2, 0.25) is 0 Å². The summed E-state index contributed by atoms with van der Waals surface area (Å²) in [5, 5.41) is 9.03. The zero-order chi connectivity index (χ0) is 16.4. The van der Waals surface area contributed by atoms with E-state index >= 15 is 0 Å². The second kappa shape index (κ2) is 8.68. The van der Waals surface area contributed by atoms with E-state index in [9.17, 15) is 0 Å². The zero-order valence-corrected chi connectivity index (χ0v) is 17.8. The molecule has 1 unspecified atom stereocenters. The summed E-state index contributed by atoms with van der Waals surface area (Å²) >= 11 is 1.66. The Hall–Kier alpha value is -0.870. The van der Waals surface area contributed by atoms with E-state index in [1.54, 1.807) is 11.3 Å². The number of nitrogens with zero attached hydrogens (tertiary/aromatic N) is 4. The number of hydrogen-bond donors (Lipinski definition) is 2. The molecule has 8 heteroatoms. The van der Waals surface area contributed by atoms with E-state index in [0.29, 0.717) is 12.6 Å². The van der Waals surface area contributed by atoms with Crippen molar-refractivity contribution in [3.05, 3.63) is 23.5 Å². The molecule has 0 bridgehead atoms. The van der Waals surface area contributed by atoms with Crippen LogP contribution in [0.5, 0.6) is 0 Å². The second-order valence-electron chi connectivity index (χ2n) is 6.81. The van der Waals surface area contributed by atoms with E-state index < -0.39 is 0 Å². The summed E-state index contributed by atoms with van der Waals surface area (Å²) in [6.07, 6.45) is 10.9. The predicted molar refractivity (Wildman–Crippen MR) is 114 cm³/mol. The summed E-state index contributed by atoms with van der Waals surface area (Å²) in [5.41, 5.74) is 1.05. The van der Waals surface area contributed by atoms with E-state index in [0.717, 1.165) is 29.2 Å². The van der Waals surface area contributed by atoms with Gasteiger partial charge in [-0.2, -0.15) is 0 Å². The number of imidazole rings is 1. The SMILES string of the molecule is CN=C(NCc1cn2ccsc2n1)NC1CCN(C2CCCC2)C1.I. The molecule has 6 nitrogen and oxygen atoms in total.